The maximum atomic E-state index is 13.8. The van der Waals surface area contributed by atoms with Gasteiger partial charge in [-0.15, -0.1) is 24.0 Å². The van der Waals surface area contributed by atoms with Crippen LogP contribution in [0.4, 0.5) is 4.39 Å². The van der Waals surface area contributed by atoms with E-state index in [0.717, 1.165) is 24.5 Å². The molecule has 0 saturated heterocycles. The van der Waals surface area contributed by atoms with Gasteiger partial charge in [-0.3, -0.25) is 4.99 Å². The molecule has 2 aromatic rings. The first-order valence-electron chi connectivity index (χ1n) is 7.39. The number of nitrogens with one attached hydrogen (secondary N) is 1. The van der Waals surface area contributed by atoms with E-state index in [9.17, 15) is 4.39 Å². The summed E-state index contributed by atoms with van der Waals surface area (Å²) in [5, 5.41) is 7.66. The molecule has 3 nitrogen and oxygen atoms in total. The molecule has 6 heteroatoms. The molecule has 3 rings (SSSR count). The van der Waals surface area contributed by atoms with Gasteiger partial charge in [0.1, 0.15) is 5.82 Å². The lowest BCUT2D eigenvalue weighted by molar-refractivity contribution is 0.476. The summed E-state index contributed by atoms with van der Waals surface area (Å²) >= 11 is 1.70. The molecule has 0 radical (unpaired) electrons. The zero-order valence-corrected chi connectivity index (χ0v) is 16.3. The average molecular weight is 445 g/mol. The van der Waals surface area contributed by atoms with Gasteiger partial charge in [-0.05, 0) is 40.4 Å². The molecule has 1 N–H and O–H groups in total. The third-order valence-corrected chi connectivity index (χ3v) is 4.71. The number of halogens is 2. The van der Waals surface area contributed by atoms with Gasteiger partial charge in [0.05, 0.1) is 0 Å². The minimum atomic E-state index is -0.113. The predicted octanol–water partition coefficient (Wildman–Crippen LogP) is 4.07. The fraction of sp³-hybridized carbons (Fsp3) is 0.353. The van der Waals surface area contributed by atoms with Gasteiger partial charge in [-0.25, -0.2) is 4.39 Å². The summed E-state index contributed by atoms with van der Waals surface area (Å²) in [6, 6.07) is 9.42. The van der Waals surface area contributed by atoms with E-state index in [2.05, 4.69) is 32.0 Å². The van der Waals surface area contributed by atoms with Crippen molar-refractivity contribution in [1.29, 1.82) is 0 Å². The van der Waals surface area contributed by atoms with Gasteiger partial charge < -0.3 is 10.2 Å². The van der Waals surface area contributed by atoms with Crippen molar-refractivity contribution in [3.05, 3.63) is 58.0 Å². The molecule has 1 heterocycles. The van der Waals surface area contributed by atoms with E-state index in [-0.39, 0.29) is 41.8 Å². The molecule has 1 aromatic carbocycles. The molecule has 1 aliphatic rings. The Morgan fingerprint density at radius 1 is 1.39 bits per heavy atom. The van der Waals surface area contributed by atoms with Crippen molar-refractivity contribution in [3.63, 3.8) is 0 Å². The number of aliphatic imine (C=N–C) groups is 1. The van der Waals surface area contributed by atoms with Gasteiger partial charge in [0.25, 0.3) is 0 Å². The van der Waals surface area contributed by atoms with Crippen LogP contribution >= 0.6 is 35.3 Å². The molecule has 0 aliphatic heterocycles. The van der Waals surface area contributed by atoms with E-state index in [1.54, 1.807) is 24.5 Å². The third-order valence-electron chi connectivity index (χ3n) is 3.98. The van der Waals surface area contributed by atoms with Crippen LogP contribution in [-0.2, 0) is 6.54 Å². The maximum absolute atomic E-state index is 13.8. The Bertz CT molecular complexity index is 660. The molecular formula is C17H21FIN3S. The fourth-order valence-electron chi connectivity index (χ4n) is 2.72. The van der Waals surface area contributed by atoms with Crippen LogP contribution in [-0.4, -0.2) is 31.0 Å². The Kier molecular flexibility index (Phi) is 6.41. The second-order valence-electron chi connectivity index (χ2n) is 5.65. The summed E-state index contributed by atoms with van der Waals surface area (Å²) in [7, 11) is 3.81. The number of guanidine groups is 1. The Morgan fingerprint density at radius 2 is 2.17 bits per heavy atom. The largest absolute Gasteiger partial charge is 0.353 e. The van der Waals surface area contributed by atoms with Crippen LogP contribution in [0.1, 0.15) is 23.5 Å². The van der Waals surface area contributed by atoms with Crippen molar-refractivity contribution >= 4 is 41.3 Å². The maximum Gasteiger partial charge on any atom is 0.193 e. The van der Waals surface area contributed by atoms with Gasteiger partial charge in [-0.1, -0.05) is 18.2 Å². The molecule has 1 saturated carbocycles. The van der Waals surface area contributed by atoms with E-state index in [4.69, 9.17) is 0 Å². The first-order chi connectivity index (χ1) is 10.7. The summed E-state index contributed by atoms with van der Waals surface area (Å²) < 4.78 is 13.8. The highest BCUT2D eigenvalue weighted by Gasteiger charge is 2.40. The Hall–Kier alpha value is -1.15. The first-order valence-corrected chi connectivity index (χ1v) is 8.33. The molecule has 1 aromatic heterocycles. The van der Waals surface area contributed by atoms with Crippen LogP contribution in [0, 0.1) is 5.82 Å². The van der Waals surface area contributed by atoms with Gasteiger partial charge in [0.2, 0.25) is 0 Å². The normalized spacial score (nSPS) is 19.9. The standard InChI is InChI=1S/C17H20FN3S.HI/c1-19-17(21(2)10-12-7-8-22-11-12)20-16-9-14(16)13-5-3-4-6-15(13)18;/h3-8,11,14,16H,9-10H2,1-2H3,(H,19,20);1H. The monoisotopic (exact) mass is 445 g/mol. The fourth-order valence-corrected chi connectivity index (χ4v) is 3.38. The smallest absolute Gasteiger partial charge is 0.193 e. The Labute approximate surface area is 157 Å². The van der Waals surface area contributed by atoms with Gasteiger partial charge in [0.15, 0.2) is 5.96 Å². The second kappa shape index (κ2) is 8.10. The molecule has 2 unspecified atom stereocenters. The number of hydrogen-bond donors (Lipinski definition) is 1. The summed E-state index contributed by atoms with van der Waals surface area (Å²) in [5.41, 5.74) is 2.08. The van der Waals surface area contributed by atoms with Crippen molar-refractivity contribution in [2.75, 3.05) is 14.1 Å². The zero-order valence-electron chi connectivity index (χ0n) is 13.2. The molecule has 124 valence electrons. The second-order valence-corrected chi connectivity index (χ2v) is 6.43. The Morgan fingerprint density at radius 3 is 2.83 bits per heavy atom. The third kappa shape index (κ3) is 4.44. The quantitative estimate of drug-likeness (QED) is 0.437. The van der Waals surface area contributed by atoms with Crippen LogP contribution in [0.2, 0.25) is 0 Å². The average Bonchev–Trinajstić information content (AvgIpc) is 3.09. The highest BCUT2D eigenvalue weighted by molar-refractivity contribution is 14.0. The lowest BCUT2D eigenvalue weighted by atomic mass is 10.1. The molecule has 1 aliphatic carbocycles. The number of hydrogen-bond acceptors (Lipinski definition) is 2. The van der Waals surface area contributed by atoms with Crippen LogP contribution < -0.4 is 5.32 Å². The molecule has 0 spiro atoms. The molecule has 0 bridgehead atoms. The zero-order chi connectivity index (χ0) is 15.5. The van der Waals surface area contributed by atoms with Gasteiger partial charge >= 0.3 is 0 Å². The minimum Gasteiger partial charge on any atom is -0.353 e. The van der Waals surface area contributed by atoms with Gasteiger partial charge in [0, 0.05) is 32.6 Å². The van der Waals surface area contributed by atoms with Gasteiger partial charge in [-0.2, -0.15) is 11.3 Å². The molecule has 23 heavy (non-hydrogen) atoms. The highest BCUT2D eigenvalue weighted by Crippen LogP contribution is 2.41. The van der Waals surface area contributed by atoms with Crippen molar-refractivity contribution < 1.29 is 4.39 Å². The van der Waals surface area contributed by atoms with Crippen molar-refractivity contribution in [2.45, 2.75) is 24.9 Å². The first kappa shape index (κ1) is 18.2. The van der Waals surface area contributed by atoms with Crippen LogP contribution in [0.15, 0.2) is 46.1 Å². The van der Waals surface area contributed by atoms with E-state index < -0.39 is 0 Å². The van der Waals surface area contributed by atoms with E-state index in [1.807, 2.05) is 19.2 Å². The van der Waals surface area contributed by atoms with Crippen molar-refractivity contribution in [3.8, 4) is 0 Å². The van der Waals surface area contributed by atoms with Crippen LogP contribution in [0.25, 0.3) is 0 Å². The van der Waals surface area contributed by atoms with Crippen molar-refractivity contribution in [2.24, 2.45) is 4.99 Å². The molecule has 2 atom stereocenters. The summed E-state index contributed by atoms with van der Waals surface area (Å²) in [4.78, 5) is 6.44. The van der Waals surface area contributed by atoms with Crippen LogP contribution in [0.5, 0.6) is 0 Å². The molecule has 0 amide bonds. The van der Waals surface area contributed by atoms with E-state index in [1.165, 1.54) is 11.6 Å². The molecular weight excluding hydrogens is 424 g/mol. The van der Waals surface area contributed by atoms with Crippen molar-refractivity contribution in [1.82, 2.24) is 10.2 Å². The lowest BCUT2D eigenvalue weighted by Crippen LogP contribution is -2.40. The lowest BCUT2D eigenvalue weighted by Gasteiger charge is -2.22. The van der Waals surface area contributed by atoms with Crippen LogP contribution in [0.3, 0.4) is 0 Å². The summed E-state index contributed by atoms with van der Waals surface area (Å²) in [6.07, 6.45) is 0.951. The molecule has 1 fully saturated rings. The summed E-state index contributed by atoms with van der Waals surface area (Å²) in [6.45, 7) is 0.820. The van der Waals surface area contributed by atoms with E-state index >= 15 is 0 Å². The highest BCUT2D eigenvalue weighted by atomic mass is 127. The van der Waals surface area contributed by atoms with E-state index in [0.29, 0.717) is 0 Å². The minimum absolute atomic E-state index is 0. The number of benzene rings is 1. The topological polar surface area (TPSA) is 27.6 Å². The summed E-state index contributed by atoms with van der Waals surface area (Å²) in [5.74, 6) is 0.987. The number of thiophene rings is 1. The Balaban J connectivity index is 0.00000192. The number of rotatable bonds is 4. The SMILES string of the molecule is CN=C(NC1CC1c1ccccc1F)N(C)Cc1ccsc1.I. The number of nitrogens with zero attached hydrogens (tertiary/aromatic N) is 2. The predicted molar refractivity (Wildman–Crippen MR) is 105 cm³/mol.